The van der Waals surface area contributed by atoms with Gasteiger partial charge >= 0.3 is 0 Å². The lowest BCUT2D eigenvalue weighted by Gasteiger charge is -2.33. The second kappa shape index (κ2) is 14.1. The number of carbonyl (C=O) groups is 2. The summed E-state index contributed by atoms with van der Waals surface area (Å²) in [5, 5.41) is 3.47. The number of rotatable bonds is 10. The highest BCUT2D eigenvalue weighted by Crippen LogP contribution is 2.30. The molecule has 1 aliphatic rings. The molecule has 1 N–H and O–H groups in total. The molecule has 10 heteroatoms. The molecule has 3 aromatic rings. The molecular weight excluding hydrogens is 638 g/mol. The number of anilines is 1. The Morgan fingerprint density at radius 1 is 0.976 bits per heavy atom. The van der Waals surface area contributed by atoms with E-state index in [0.29, 0.717) is 16.3 Å². The molecule has 0 saturated heterocycles. The van der Waals surface area contributed by atoms with Crippen LogP contribution < -0.4 is 9.62 Å². The van der Waals surface area contributed by atoms with Crippen molar-refractivity contribution in [3.05, 3.63) is 92.9 Å². The Morgan fingerprint density at radius 3 is 2.26 bits per heavy atom. The fourth-order valence-corrected chi connectivity index (χ4v) is 7.04. The number of hydrogen-bond acceptors (Lipinski definition) is 4. The summed E-state index contributed by atoms with van der Waals surface area (Å²) >= 11 is 9.75. The predicted molar refractivity (Wildman–Crippen MR) is 171 cm³/mol. The first-order valence-corrected chi connectivity index (χ1v) is 16.8. The van der Waals surface area contributed by atoms with E-state index in [1.807, 2.05) is 31.2 Å². The van der Waals surface area contributed by atoms with Crippen LogP contribution in [0.25, 0.3) is 0 Å². The van der Waals surface area contributed by atoms with E-state index in [9.17, 15) is 18.0 Å². The van der Waals surface area contributed by atoms with Crippen LogP contribution in [0.4, 0.5) is 5.69 Å². The highest BCUT2D eigenvalue weighted by molar-refractivity contribution is 9.10. The average molecular weight is 675 g/mol. The average Bonchev–Trinajstić information content (AvgIpc) is 2.97. The lowest BCUT2D eigenvalue weighted by Crippen LogP contribution is -2.53. The van der Waals surface area contributed by atoms with Gasteiger partial charge in [0.15, 0.2) is 0 Å². The fourth-order valence-electron chi connectivity index (χ4n) is 5.14. The summed E-state index contributed by atoms with van der Waals surface area (Å²) in [5.74, 6) is -0.751. The summed E-state index contributed by atoms with van der Waals surface area (Å²) in [6, 6.07) is 18.2. The van der Waals surface area contributed by atoms with Gasteiger partial charge < -0.3 is 10.2 Å². The molecular formula is C32H37BrClN3O4S. The van der Waals surface area contributed by atoms with Gasteiger partial charge in [0.05, 0.1) is 10.6 Å². The minimum atomic E-state index is -4.17. The summed E-state index contributed by atoms with van der Waals surface area (Å²) in [5.41, 5.74) is 2.68. The molecule has 1 saturated carbocycles. The minimum absolute atomic E-state index is 0.0582. The van der Waals surface area contributed by atoms with Gasteiger partial charge in [-0.05, 0) is 81.1 Å². The normalized spacial score (nSPS) is 14.7. The summed E-state index contributed by atoms with van der Waals surface area (Å²) in [4.78, 5) is 29.1. The first-order valence-electron chi connectivity index (χ1n) is 14.2. The molecule has 0 aromatic heterocycles. The first-order chi connectivity index (χ1) is 20.0. The molecule has 7 nitrogen and oxygen atoms in total. The van der Waals surface area contributed by atoms with Gasteiger partial charge in [-0.1, -0.05) is 82.7 Å². The van der Waals surface area contributed by atoms with Crippen LogP contribution >= 0.6 is 27.5 Å². The van der Waals surface area contributed by atoms with Gasteiger partial charge in [-0.2, -0.15) is 0 Å². The number of hydrogen-bond donors (Lipinski definition) is 1. The third-order valence-electron chi connectivity index (χ3n) is 7.71. The molecule has 0 heterocycles. The summed E-state index contributed by atoms with van der Waals surface area (Å²) in [6.45, 7) is 4.97. The van der Waals surface area contributed by atoms with Crippen molar-refractivity contribution in [2.45, 2.75) is 76.4 Å². The number of aryl methyl sites for hydroxylation is 2. The molecule has 1 aliphatic carbocycles. The molecule has 0 radical (unpaired) electrons. The van der Waals surface area contributed by atoms with Gasteiger partial charge in [0.2, 0.25) is 11.8 Å². The van der Waals surface area contributed by atoms with Crippen molar-refractivity contribution in [2.75, 3.05) is 10.8 Å². The number of carbonyl (C=O) groups excluding carboxylic acids is 2. The Morgan fingerprint density at radius 2 is 1.62 bits per heavy atom. The number of nitrogens with one attached hydrogen (secondary N) is 1. The van der Waals surface area contributed by atoms with Crippen molar-refractivity contribution in [1.29, 1.82) is 0 Å². The molecule has 1 fully saturated rings. The van der Waals surface area contributed by atoms with Crippen LogP contribution in [0.2, 0.25) is 5.02 Å². The van der Waals surface area contributed by atoms with E-state index in [1.54, 1.807) is 44.2 Å². The Kier molecular flexibility index (Phi) is 10.7. The van der Waals surface area contributed by atoms with Crippen LogP contribution in [-0.2, 0) is 26.2 Å². The van der Waals surface area contributed by atoms with E-state index < -0.39 is 28.5 Å². The third-order valence-corrected chi connectivity index (χ3v) is 10.3. The van der Waals surface area contributed by atoms with Gasteiger partial charge in [0.25, 0.3) is 10.0 Å². The molecule has 0 aliphatic heterocycles. The smallest absolute Gasteiger partial charge is 0.264 e. The van der Waals surface area contributed by atoms with Gasteiger partial charge in [0, 0.05) is 22.1 Å². The monoisotopic (exact) mass is 673 g/mol. The molecule has 0 bridgehead atoms. The molecule has 224 valence electrons. The van der Waals surface area contributed by atoms with E-state index in [-0.39, 0.29) is 23.4 Å². The number of halogens is 2. The highest BCUT2D eigenvalue weighted by atomic mass is 79.9. The highest BCUT2D eigenvalue weighted by Gasteiger charge is 2.34. The molecule has 3 aromatic carbocycles. The van der Waals surface area contributed by atoms with Crippen molar-refractivity contribution in [3.63, 3.8) is 0 Å². The lowest BCUT2D eigenvalue weighted by molar-refractivity contribution is -0.139. The van der Waals surface area contributed by atoms with E-state index in [4.69, 9.17) is 11.6 Å². The minimum Gasteiger partial charge on any atom is -0.352 e. The molecule has 0 unspecified atom stereocenters. The fraction of sp³-hybridized carbons (Fsp3) is 0.375. The van der Waals surface area contributed by atoms with Crippen molar-refractivity contribution < 1.29 is 18.0 Å². The van der Waals surface area contributed by atoms with Crippen LogP contribution in [-0.4, -0.2) is 43.8 Å². The maximum atomic E-state index is 14.2. The topological polar surface area (TPSA) is 86.8 Å². The lowest BCUT2D eigenvalue weighted by atomic mass is 9.95. The van der Waals surface area contributed by atoms with Crippen molar-refractivity contribution in [2.24, 2.45) is 0 Å². The number of benzene rings is 3. The van der Waals surface area contributed by atoms with E-state index in [2.05, 4.69) is 21.2 Å². The quantitative estimate of drug-likeness (QED) is 0.257. The van der Waals surface area contributed by atoms with E-state index >= 15 is 0 Å². The van der Waals surface area contributed by atoms with E-state index in [1.165, 1.54) is 17.0 Å². The maximum Gasteiger partial charge on any atom is 0.264 e. The predicted octanol–water partition coefficient (Wildman–Crippen LogP) is 6.78. The zero-order valence-corrected chi connectivity index (χ0v) is 27.3. The first kappa shape index (κ1) is 32.0. The SMILES string of the molecule is Cc1ccc(S(=O)(=O)N(CC(=O)N(Cc2ccc(Br)cc2)[C@H](C)C(=O)NC2CCCCC2)c2cc(Cl)ccc2C)cc1. The standard InChI is InChI=1S/C32H37BrClN3O4S/c1-22-9-17-29(18-10-22)42(40,41)37(30-19-27(34)16-11-23(30)2)21-31(38)36(20-25-12-14-26(33)15-13-25)24(3)32(39)35-28-7-5-4-6-8-28/h9-19,24,28H,4-8,20-21H2,1-3H3,(H,35,39)/t24-/m1/s1. The maximum absolute atomic E-state index is 14.2. The zero-order chi connectivity index (χ0) is 30.4. The summed E-state index contributed by atoms with van der Waals surface area (Å²) < 4.78 is 30.1. The van der Waals surface area contributed by atoms with Crippen LogP contribution in [0.15, 0.2) is 76.1 Å². The number of nitrogens with zero attached hydrogens (tertiary/aromatic N) is 2. The third kappa shape index (κ3) is 7.94. The Hall–Kier alpha value is -2.88. The van der Waals surface area contributed by atoms with Gasteiger partial charge in [-0.25, -0.2) is 8.42 Å². The van der Waals surface area contributed by atoms with Crippen LogP contribution in [0.3, 0.4) is 0 Å². The van der Waals surface area contributed by atoms with Crippen LogP contribution in [0, 0.1) is 13.8 Å². The van der Waals surface area contributed by atoms with Gasteiger partial charge in [0.1, 0.15) is 12.6 Å². The molecule has 4 rings (SSSR count). The molecule has 42 heavy (non-hydrogen) atoms. The second-order valence-corrected chi connectivity index (χ2v) is 14.1. The van der Waals surface area contributed by atoms with Gasteiger partial charge in [-0.3, -0.25) is 13.9 Å². The second-order valence-electron chi connectivity index (χ2n) is 10.9. The van der Waals surface area contributed by atoms with Crippen molar-refractivity contribution in [1.82, 2.24) is 10.2 Å². The zero-order valence-electron chi connectivity index (χ0n) is 24.1. The number of sulfonamides is 1. The van der Waals surface area contributed by atoms with Crippen LogP contribution in [0.1, 0.15) is 55.7 Å². The van der Waals surface area contributed by atoms with Crippen LogP contribution in [0.5, 0.6) is 0 Å². The number of amides is 2. The molecule has 2 amide bonds. The Bertz CT molecular complexity index is 1510. The van der Waals surface area contributed by atoms with Crippen molar-refractivity contribution >= 4 is 55.1 Å². The van der Waals surface area contributed by atoms with Gasteiger partial charge in [-0.15, -0.1) is 0 Å². The largest absolute Gasteiger partial charge is 0.352 e. The summed E-state index contributed by atoms with van der Waals surface area (Å²) in [6.07, 6.45) is 5.10. The Balaban J connectivity index is 1.70. The molecule has 0 spiro atoms. The molecule has 1 atom stereocenters. The van der Waals surface area contributed by atoms with E-state index in [0.717, 1.165) is 52.0 Å². The van der Waals surface area contributed by atoms with Crippen molar-refractivity contribution in [3.8, 4) is 0 Å². The Labute approximate surface area is 262 Å². The summed E-state index contributed by atoms with van der Waals surface area (Å²) in [7, 11) is -4.17.